The fourth-order valence-corrected chi connectivity index (χ4v) is 3.39. The first-order valence-electron chi connectivity index (χ1n) is 7.41. The molecule has 2 fully saturated rings. The molecule has 118 valence electrons. The van der Waals surface area contributed by atoms with Crippen molar-refractivity contribution >= 4 is 11.6 Å². The van der Waals surface area contributed by atoms with Crippen LogP contribution >= 0.6 is 0 Å². The minimum absolute atomic E-state index is 0.0182. The smallest absolute Gasteiger partial charge is 0.263 e. The van der Waals surface area contributed by atoms with Crippen molar-refractivity contribution in [1.29, 1.82) is 0 Å². The third kappa shape index (κ3) is 2.00. The molecule has 2 heterocycles. The van der Waals surface area contributed by atoms with Crippen LogP contribution in [0.1, 0.15) is 19.8 Å². The highest BCUT2D eigenvalue weighted by molar-refractivity contribution is 6.06. The average molecular weight is 303 g/mol. The van der Waals surface area contributed by atoms with Gasteiger partial charge in [-0.3, -0.25) is 4.79 Å². The maximum atomic E-state index is 13.0. The molecule has 0 N–H and O–H groups in total. The Morgan fingerprint density at radius 3 is 2.73 bits per heavy atom. The first-order chi connectivity index (χ1) is 10.5. The summed E-state index contributed by atoms with van der Waals surface area (Å²) in [6.07, 6.45) is 1.37. The van der Waals surface area contributed by atoms with Crippen molar-refractivity contribution < 1.29 is 19.0 Å². The van der Waals surface area contributed by atoms with Gasteiger partial charge in [-0.15, -0.1) is 0 Å². The molecule has 22 heavy (non-hydrogen) atoms. The van der Waals surface area contributed by atoms with Crippen LogP contribution in [0, 0.1) is 0 Å². The van der Waals surface area contributed by atoms with E-state index >= 15 is 0 Å². The molecule has 2 atom stereocenters. The third-order valence-electron chi connectivity index (χ3n) is 4.56. The number of rotatable bonds is 3. The van der Waals surface area contributed by atoms with Gasteiger partial charge in [-0.2, -0.15) is 0 Å². The van der Waals surface area contributed by atoms with E-state index in [1.165, 1.54) is 0 Å². The van der Waals surface area contributed by atoms with Crippen LogP contribution in [-0.2, 0) is 9.53 Å². The first-order valence-corrected chi connectivity index (χ1v) is 7.41. The summed E-state index contributed by atoms with van der Waals surface area (Å²) in [5.74, 6) is 1.25. The van der Waals surface area contributed by atoms with Gasteiger partial charge in [0.25, 0.3) is 5.91 Å². The summed E-state index contributed by atoms with van der Waals surface area (Å²) in [4.78, 5) is 14.8. The van der Waals surface area contributed by atoms with E-state index in [1.54, 1.807) is 25.2 Å². The summed E-state index contributed by atoms with van der Waals surface area (Å²) in [5, 5.41) is 0. The molecule has 2 saturated heterocycles. The number of benzene rings is 1. The molecule has 0 radical (unpaired) electrons. The SMILES string of the molecule is C=C1CCO[C@@]12C[C@H](C)N(c1ccc(OC)cc1OC)C2=O. The molecular weight excluding hydrogens is 282 g/mol. The Morgan fingerprint density at radius 1 is 1.36 bits per heavy atom. The summed E-state index contributed by atoms with van der Waals surface area (Å²) in [6, 6.07) is 5.48. The van der Waals surface area contributed by atoms with Crippen LogP contribution in [0.15, 0.2) is 30.4 Å². The molecule has 5 heteroatoms. The fourth-order valence-electron chi connectivity index (χ4n) is 3.39. The van der Waals surface area contributed by atoms with E-state index in [1.807, 2.05) is 19.1 Å². The molecule has 2 aliphatic rings. The number of nitrogens with zero attached hydrogens (tertiary/aromatic N) is 1. The van der Waals surface area contributed by atoms with Gasteiger partial charge in [-0.1, -0.05) is 6.58 Å². The van der Waals surface area contributed by atoms with Gasteiger partial charge in [0.05, 0.1) is 26.5 Å². The second-order valence-corrected chi connectivity index (χ2v) is 5.80. The second-order valence-electron chi connectivity index (χ2n) is 5.80. The van der Waals surface area contributed by atoms with Crippen molar-refractivity contribution in [1.82, 2.24) is 0 Å². The molecule has 0 unspecified atom stereocenters. The maximum absolute atomic E-state index is 13.0. The van der Waals surface area contributed by atoms with Gasteiger partial charge < -0.3 is 19.1 Å². The van der Waals surface area contributed by atoms with Gasteiger partial charge >= 0.3 is 0 Å². The third-order valence-corrected chi connectivity index (χ3v) is 4.56. The monoisotopic (exact) mass is 303 g/mol. The lowest BCUT2D eigenvalue weighted by molar-refractivity contribution is -0.131. The molecule has 0 aromatic heterocycles. The molecule has 1 spiro atoms. The minimum Gasteiger partial charge on any atom is -0.497 e. The highest BCUT2D eigenvalue weighted by Crippen LogP contribution is 2.46. The van der Waals surface area contributed by atoms with Gasteiger partial charge in [-0.05, 0) is 31.1 Å². The van der Waals surface area contributed by atoms with Crippen molar-refractivity contribution in [2.24, 2.45) is 0 Å². The summed E-state index contributed by atoms with van der Waals surface area (Å²) in [7, 11) is 3.19. The lowest BCUT2D eigenvalue weighted by atomic mass is 9.92. The predicted octanol–water partition coefficient (Wildman–Crippen LogP) is 2.54. The van der Waals surface area contributed by atoms with E-state index in [9.17, 15) is 4.79 Å². The normalized spacial score (nSPS) is 27.8. The number of hydrogen-bond acceptors (Lipinski definition) is 4. The average Bonchev–Trinajstić information content (AvgIpc) is 3.00. The van der Waals surface area contributed by atoms with Crippen LogP contribution in [-0.4, -0.2) is 38.4 Å². The van der Waals surface area contributed by atoms with Crippen molar-refractivity contribution in [2.45, 2.75) is 31.4 Å². The Hall–Kier alpha value is -2.01. The number of amides is 1. The standard InChI is InChI=1S/C17H21NO4/c1-11-7-8-22-17(11)10-12(2)18(16(17)19)14-6-5-13(20-3)9-15(14)21-4/h5-6,9,12H,1,7-8,10H2,2-4H3/t12-,17-/m0/s1. The molecule has 1 aromatic carbocycles. The summed E-state index contributed by atoms with van der Waals surface area (Å²) in [5.41, 5.74) is 0.755. The molecule has 3 rings (SSSR count). The maximum Gasteiger partial charge on any atom is 0.263 e. The largest absolute Gasteiger partial charge is 0.497 e. The van der Waals surface area contributed by atoms with Gasteiger partial charge in [-0.25, -0.2) is 0 Å². The first kappa shape index (κ1) is 14.9. The Balaban J connectivity index is 2.02. The van der Waals surface area contributed by atoms with Crippen LogP contribution in [0.5, 0.6) is 11.5 Å². The number of methoxy groups -OCH3 is 2. The van der Waals surface area contributed by atoms with Crippen molar-refractivity contribution in [3.8, 4) is 11.5 Å². The number of carbonyl (C=O) groups is 1. The number of ether oxygens (including phenoxy) is 3. The van der Waals surface area contributed by atoms with Gasteiger partial charge in [0.1, 0.15) is 11.5 Å². The van der Waals surface area contributed by atoms with Crippen molar-refractivity contribution in [2.75, 3.05) is 25.7 Å². The Morgan fingerprint density at radius 2 is 2.14 bits per heavy atom. The molecule has 1 amide bonds. The van der Waals surface area contributed by atoms with E-state index < -0.39 is 5.60 Å². The van der Waals surface area contributed by atoms with E-state index in [4.69, 9.17) is 14.2 Å². The molecular formula is C17H21NO4. The van der Waals surface area contributed by atoms with E-state index in [0.29, 0.717) is 24.5 Å². The number of hydrogen-bond donors (Lipinski definition) is 0. The van der Waals surface area contributed by atoms with Gasteiger partial charge in [0.15, 0.2) is 5.60 Å². The zero-order valence-electron chi connectivity index (χ0n) is 13.2. The van der Waals surface area contributed by atoms with Gasteiger partial charge in [0, 0.05) is 18.5 Å². The van der Waals surface area contributed by atoms with E-state index in [0.717, 1.165) is 17.7 Å². The van der Waals surface area contributed by atoms with Crippen LogP contribution in [0.2, 0.25) is 0 Å². The van der Waals surface area contributed by atoms with Crippen LogP contribution in [0.4, 0.5) is 5.69 Å². The molecule has 0 saturated carbocycles. The van der Waals surface area contributed by atoms with Gasteiger partial charge in [0.2, 0.25) is 0 Å². The van der Waals surface area contributed by atoms with Crippen molar-refractivity contribution in [3.63, 3.8) is 0 Å². The molecule has 0 bridgehead atoms. The number of anilines is 1. The van der Waals surface area contributed by atoms with Crippen molar-refractivity contribution in [3.05, 3.63) is 30.4 Å². The zero-order valence-corrected chi connectivity index (χ0v) is 13.2. The fraction of sp³-hybridized carbons (Fsp3) is 0.471. The molecule has 5 nitrogen and oxygen atoms in total. The molecule has 0 aliphatic carbocycles. The Labute approximate surface area is 130 Å². The lowest BCUT2D eigenvalue weighted by Gasteiger charge is -2.25. The highest BCUT2D eigenvalue weighted by Gasteiger charge is 2.56. The topological polar surface area (TPSA) is 48.0 Å². The Kier molecular flexibility index (Phi) is 3.60. The summed E-state index contributed by atoms with van der Waals surface area (Å²) in [6.45, 7) is 6.63. The quantitative estimate of drug-likeness (QED) is 0.805. The zero-order chi connectivity index (χ0) is 15.9. The van der Waals surface area contributed by atoms with Crippen LogP contribution < -0.4 is 14.4 Å². The van der Waals surface area contributed by atoms with E-state index in [2.05, 4.69) is 6.58 Å². The molecule has 2 aliphatic heterocycles. The highest BCUT2D eigenvalue weighted by atomic mass is 16.5. The van der Waals surface area contributed by atoms with Crippen LogP contribution in [0.25, 0.3) is 0 Å². The Bertz CT molecular complexity index is 627. The van der Waals surface area contributed by atoms with E-state index in [-0.39, 0.29) is 11.9 Å². The predicted molar refractivity (Wildman–Crippen MR) is 83.6 cm³/mol. The molecule has 1 aromatic rings. The minimum atomic E-state index is -0.857. The van der Waals surface area contributed by atoms with Crippen LogP contribution in [0.3, 0.4) is 0 Å². The summed E-state index contributed by atoms with van der Waals surface area (Å²) >= 11 is 0. The number of carbonyl (C=O) groups excluding carboxylic acids is 1. The second kappa shape index (κ2) is 5.32. The summed E-state index contributed by atoms with van der Waals surface area (Å²) < 4.78 is 16.5. The lowest BCUT2D eigenvalue weighted by Crippen LogP contribution is -2.41.